The largest absolute Gasteiger partial charge is 0.345 e. The van der Waals surface area contributed by atoms with Gasteiger partial charge in [0.1, 0.15) is 0 Å². The standard InChI is InChI=1S/C20H25ClN4O/c1-24(2)13-18-22-20(23-26-18)16-12-25(11-14-7-4-3-5-8-14)19-15(16)9-6-10-17(19)21/h6,9-10,12,14H,3-5,7-8,11,13H2,1-2H3. The number of hydrogen-bond acceptors (Lipinski definition) is 4. The topological polar surface area (TPSA) is 47.1 Å². The molecule has 0 radical (unpaired) electrons. The predicted molar refractivity (Wildman–Crippen MR) is 104 cm³/mol. The molecule has 1 aliphatic rings. The Labute approximate surface area is 158 Å². The fourth-order valence-electron chi connectivity index (χ4n) is 3.98. The molecule has 138 valence electrons. The summed E-state index contributed by atoms with van der Waals surface area (Å²) < 4.78 is 7.72. The zero-order valence-electron chi connectivity index (χ0n) is 15.4. The average molecular weight is 373 g/mol. The van der Waals surface area contributed by atoms with Crippen molar-refractivity contribution in [2.45, 2.75) is 45.2 Å². The van der Waals surface area contributed by atoms with Crippen molar-refractivity contribution in [3.63, 3.8) is 0 Å². The van der Waals surface area contributed by atoms with Crippen LogP contribution < -0.4 is 0 Å². The summed E-state index contributed by atoms with van der Waals surface area (Å²) in [6, 6.07) is 6.04. The minimum atomic E-state index is 0.625. The van der Waals surface area contributed by atoms with Gasteiger partial charge in [0.15, 0.2) is 0 Å². The SMILES string of the molecule is CN(C)Cc1nc(-c2cn(CC3CCCCC3)c3c(Cl)cccc23)no1. The van der Waals surface area contributed by atoms with Gasteiger partial charge in [0.05, 0.1) is 17.1 Å². The molecule has 0 saturated heterocycles. The molecule has 2 heterocycles. The molecule has 3 aromatic rings. The van der Waals surface area contributed by atoms with Crippen LogP contribution in [0, 0.1) is 5.92 Å². The van der Waals surface area contributed by atoms with Crippen molar-refractivity contribution in [2.24, 2.45) is 5.92 Å². The van der Waals surface area contributed by atoms with Crippen LogP contribution >= 0.6 is 11.6 Å². The first-order valence-electron chi connectivity index (χ1n) is 9.37. The Morgan fingerprint density at radius 3 is 2.81 bits per heavy atom. The molecule has 0 atom stereocenters. The normalized spacial score (nSPS) is 16.0. The number of hydrogen-bond donors (Lipinski definition) is 0. The lowest BCUT2D eigenvalue weighted by Crippen LogP contribution is -2.13. The van der Waals surface area contributed by atoms with Gasteiger partial charge in [0.25, 0.3) is 0 Å². The number of para-hydroxylation sites is 1. The smallest absolute Gasteiger partial charge is 0.241 e. The van der Waals surface area contributed by atoms with Gasteiger partial charge in [-0.25, -0.2) is 0 Å². The van der Waals surface area contributed by atoms with Gasteiger partial charge >= 0.3 is 0 Å². The van der Waals surface area contributed by atoms with E-state index in [0.29, 0.717) is 18.3 Å². The highest BCUT2D eigenvalue weighted by Crippen LogP contribution is 2.35. The second-order valence-corrected chi connectivity index (χ2v) is 7.99. The Kier molecular flexibility index (Phi) is 5.00. The van der Waals surface area contributed by atoms with E-state index >= 15 is 0 Å². The summed E-state index contributed by atoms with van der Waals surface area (Å²) in [6.45, 7) is 1.64. The molecule has 5 nitrogen and oxygen atoms in total. The fraction of sp³-hybridized carbons (Fsp3) is 0.500. The van der Waals surface area contributed by atoms with E-state index < -0.39 is 0 Å². The van der Waals surface area contributed by atoms with Crippen LogP contribution in [0.4, 0.5) is 0 Å². The number of rotatable bonds is 5. The van der Waals surface area contributed by atoms with Crippen molar-refractivity contribution in [1.29, 1.82) is 0 Å². The molecule has 0 unspecified atom stereocenters. The zero-order valence-corrected chi connectivity index (χ0v) is 16.2. The van der Waals surface area contributed by atoms with Crippen LogP contribution in [0.1, 0.15) is 38.0 Å². The molecule has 1 aromatic carbocycles. The Morgan fingerprint density at radius 2 is 2.04 bits per heavy atom. The second-order valence-electron chi connectivity index (χ2n) is 7.58. The molecule has 4 rings (SSSR count). The van der Waals surface area contributed by atoms with Gasteiger partial charge in [-0.3, -0.25) is 0 Å². The molecule has 2 aromatic heterocycles. The van der Waals surface area contributed by atoms with E-state index in [2.05, 4.69) is 27.0 Å². The lowest BCUT2D eigenvalue weighted by atomic mass is 9.89. The molecule has 0 aliphatic heterocycles. The summed E-state index contributed by atoms with van der Waals surface area (Å²) in [6.07, 6.45) is 8.79. The third-order valence-electron chi connectivity index (χ3n) is 5.19. The third kappa shape index (κ3) is 3.51. The van der Waals surface area contributed by atoms with Crippen LogP contribution in [-0.2, 0) is 13.1 Å². The number of aromatic nitrogens is 3. The maximum Gasteiger partial charge on any atom is 0.241 e. The Morgan fingerprint density at radius 1 is 1.23 bits per heavy atom. The lowest BCUT2D eigenvalue weighted by Gasteiger charge is -2.22. The fourth-order valence-corrected chi connectivity index (χ4v) is 4.27. The van der Waals surface area contributed by atoms with E-state index in [0.717, 1.165) is 34.0 Å². The lowest BCUT2D eigenvalue weighted by molar-refractivity contribution is 0.303. The van der Waals surface area contributed by atoms with Gasteiger partial charge in [-0.15, -0.1) is 0 Å². The summed E-state index contributed by atoms with van der Waals surface area (Å²) in [7, 11) is 3.97. The summed E-state index contributed by atoms with van der Waals surface area (Å²) in [4.78, 5) is 6.60. The zero-order chi connectivity index (χ0) is 18.1. The third-order valence-corrected chi connectivity index (χ3v) is 5.49. The van der Waals surface area contributed by atoms with E-state index in [-0.39, 0.29) is 0 Å². The molecule has 6 heteroatoms. The number of nitrogens with zero attached hydrogens (tertiary/aromatic N) is 4. The minimum absolute atomic E-state index is 0.625. The second kappa shape index (κ2) is 7.41. The Hall–Kier alpha value is -1.85. The highest BCUT2D eigenvalue weighted by atomic mass is 35.5. The van der Waals surface area contributed by atoms with Crippen LogP contribution in [0.5, 0.6) is 0 Å². The first kappa shape index (κ1) is 17.6. The van der Waals surface area contributed by atoms with Gasteiger partial charge in [-0.05, 0) is 38.9 Å². The highest BCUT2D eigenvalue weighted by molar-refractivity contribution is 6.35. The number of fused-ring (bicyclic) bond motifs is 1. The van der Waals surface area contributed by atoms with Crippen molar-refractivity contribution < 1.29 is 4.52 Å². The summed E-state index contributed by atoms with van der Waals surface area (Å²) >= 11 is 6.56. The van der Waals surface area contributed by atoms with E-state index in [9.17, 15) is 0 Å². The molecular formula is C20H25ClN4O. The molecule has 0 N–H and O–H groups in total. The molecule has 0 spiro atoms. The van der Waals surface area contributed by atoms with E-state index in [1.54, 1.807) is 0 Å². The van der Waals surface area contributed by atoms with Crippen molar-refractivity contribution in [3.05, 3.63) is 35.3 Å². The highest BCUT2D eigenvalue weighted by Gasteiger charge is 2.20. The van der Waals surface area contributed by atoms with Crippen LogP contribution in [0.3, 0.4) is 0 Å². The molecule has 1 aliphatic carbocycles. The first-order valence-corrected chi connectivity index (χ1v) is 9.74. The van der Waals surface area contributed by atoms with Crippen LogP contribution in [0.2, 0.25) is 5.02 Å². The summed E-state index contributed by atoms with van der Waals surface area (Å²) in [5, 5.41) is 6.08. The van der Waals surface area contributed by atoms with Gasteiger partial charge < -0.3 is 14.0 Å². The summed E-state index contributed by atoms with van der Waals surface area (Å²) in [5.74, 6) is 1.98. The van der Waals surface area contributed by atoms with Crippen LogP contribution in [0.25, 0.3) is 22.3 Å². The molecule has 0 amide bonds. The van der Waals surface area contributed by atoms with Crippen LogP contribution in [-0.4, -0.2) is 33.7 Å². The average Bonchev–Trinajstić information content (AvgIpc) is 3.21. The monoisotopic (exact) mass is 372 g/mol. The summed E-state index contributed by atoms with van der Waals surface area (Å²) in [5.41, 5.74) is 2.07. The predicted octanol–water partition coefficient (Wildman–Crippen LogP) is 4.99. The van der Waals surface area contributed by atoms with E-state index in [1.165, 1.54) is 32.1 Å². The molecule has 26 heavy (non-hydrogen) atoms. The Balaban J connectivity index is 1.73. The van der Waals surface area contributed by atoms with Gasteiger partial charge in [-0.2, -0.15) is 4.98 Å². The van der Waals surface area contributed by atoms with Gasteiger partial charge in [0, 0.05) is 23.7 Å². The van der Waals surface area contributed by atoms with Crippen molar-refractivity contribution >= 4 is 22.5 Å². The number of benzene rings is 1. The molecule has 0 bridgehead atoms. The first-order chi connectivity index (χ1) is 12.6. The molecule has 1 fully saturated rings. The molecular weight excluding hydrogens is 348 g/mol. The maximum absolute atomic E-state index is 6.56. The molecule has 1 saturated carbocycles. The van der Waals surface area contributed by atoms with Gasteiger partial charge in [0.2, 0.25) is 11.7 Å². The van der Waals surface area contributed by atoms with E-state index in [1.807, 2.05) is 31.1 Å². The number of halogens is 1. The minimum Gasteiger partial charge on any atom is -0.345 e. The Bertz CT molecular complexity index is 892. The maximum atomic E-state index is 6.56. The van der Waals surface area contributed by atoms with Crippen molar-refractivity contribution in [3.8, 4) is 11.4 Å². The van der Waals surface area contributed by atoms with Crippen LogP contribution in [0.15, 0.2) is 28.9 Å². The van der Waals surface area contributed by atoms with Crippen molar-refractivity contribution in [2.75, 3.05) is 14.1 Å². The van der Waals surface area contributed by atoms with Crippen molar-refractivity contribution in [1.82, 2.24) is 19.6 Å². The van der Waals surface area contributed by atoms with Gasteiger partial charge in [-0.1, -0.05) is 48.2 Å². The quantitative estimate of drug-likeness (QED) is 0.633. The van der Waals surface area contributed by atoms with E-state index in [4.69, 9.17) is 16.1 Å².